The van der Waals surface area contributed by atoms with Gasteiger partial charge in [-0.25, -0.2) is 9.78 Å². The van der Waals surface area contributed by atoms with Gasteiger partial charge in [-0.2, -0.15) is 4.73 Å². The Morgan fingerprint density at radius 2 is 1.22 bits per heavy atom. The maximum atomic E-state index is 15.2. The predicted molar refractivity (Wildman–Crippen MR) is 285 cm³/mol. The number of thiazole rings is 1. The van der Waals surface area contributed by atoms with Gasteiger partial charge in [-0.15, -0.1) is 11.3 Å². The zero-order valence-corrected chi connectivity index (χ0v) is 46.7. The van der Waals surface area contributed by atoms with Gasteiger partial charge in [0.2, 0.25) is 29.5 Å². The zero-order chi connectivity index (χ0) is 54.1. The number of nitrogens with one attached hydrogen (secondary N) is 3. The highest BCUT2D eigenvalue weighted by molar-refractivity contribution is 7.09. The maximum Gasteiger partial charge on any atom is 0.329 e. The van der Waals surface area contributed by atoms with Crippen molar-refractivity contribution in [2.75, 3.05) is 28.3 Å². The first-order chi connectivity index (χ1) is 34.6. The molecule has 406 valence electrons. The Morgan fingerprint density at radius 3 is 1.75 bits per heavy atom. The molecule has 73 heavy (non-hydrogen) atoms. The average molecular weight is 1040 g/mol. The number of benzene rings is 1. The summed E-state index contributed by atoms with van der Waals surface area (Å²) in [7, 11) is 6.07. The zero-order valence-electron chi connectivity index (χ0n) is 45.9. The normalized spacial score (nSPS) is 23.6. The SMILES string of the molecule is CCCC[C@@H](C)C[C@@H]1NC(=O)[C@H](Cc2cn(OC)c3ccccc23)N(C)C(=O)[C@H](CC(C)C)NC(=O)[C@H](CC(C)C)N(C)C(=O)[C@H](C[C@H](C)CCCC)NC(=O)[C@@H](CCc2nccs2)OC(=O)[C@H](C)N(C)C1=O. The Morgan fingerprint density at radius 1 is 0.699 bits per heavy atom. The summed E-state index contributed by atoms with van der Waals surface area (Å²) in [6.07, 6.45) is 8.49. The summed E-state index contributed by atoms with van der Waals surface area (Å²) >= 11 is 1.39. The number of esters is 1. The summed E-state index contributed by atoms with van der Waals surface area (Å²) in [6.45, 7) is 17.4. The molecule has 1 aliphatic rings. The number of unbranched alkanes of at least 4 members (excludes halogenated alkanes) is 2. The lowest BCUT2D eigenvalue weighted by atomic mass is 9.94. The number of ether oxygens (including phenoxy) is 1. The second-order valence-electron chi connectivity index (χ2n) is 21.2. The van der Waals surface area contributed by atoms with Crippen LogP contribution in [0.5, 0.6) is 0 Å². The Balaban J connectivity index is 1.93. The van der Waals surface area contributed by atoms with Crippen molar-refractivity contribution in [3.63, 3.8) is 0 Å². The standard InChI is InChI=1S/C55H86N8O9S/c1-14-16-20-36(7)30-42-52(67)60(10)38(9)55(70)72-47(24-25-48-56-26-27-73-48)51(66)59-43(31-37(8)21-17-15-2)54(69)61(11)45(29-35(5)6)49(64)57-41(28-34(3)4)53(68)62(12)46(50(65)58-42)32-39-33-63(71-13)44-23-19-18-22-40(39)44/h18-19,22-23,26-27,33-38,41-43,45-47H,14-17,20-21,24-25,28-32H2,1-13H3,(H,57,64)(H,58,65)(H,59,66)/t36-,37-,38+,41+,42+,43+,45+,46+,47-/m1/s1. The maximum absolute atomic E-state index is 15.2. The van der Waals surface area contributed by atoms with Crippen LogP contribution in [0.2, 0.25) is 0 Å². The van der Waals surface area contributed by atoms with Crippen molar-refractivity contribution in [2.45, 2.75) is 188 Å². The van der Waals surface area contributed by atoms with E-state index >= 15 is 9.59 Å². The largest absolute Gasteiger partial charge is 0.451 e. The van der Waals surface area contributed by atoms with Crippen LogP contribution in [-0.2, 0) is 51.1 Å². The van der Waals surface area contributed by atoms with Crippen LogP contribution >= 0.6 is 11.3 Å². The van der Waals surface area contributed by atoms with E-state index in [0.717, 1.165) is 49.4 Å². The van der Waals surface area contributed by atoms with Crippen LogP contribution in [-0.4, -0.2) is 136 Å². The number of aryl methyl sites for hydroxylation is 1. The molecule has 17 nitrogen and oxygen atoms in total. The highest BCUT2D eigenvalue weighted by atomic mass is 32.1. The highest BCUT2D eigenvalue weighted by Crippen LogP contribution is 2.26. The minimum Gasteiger partial charge on any atom is -0.451 e. The van der Waals surface area contributed by atoms with Crippen LogP contribution in [0.4, 0.5) is 0 Å². The van der Waals surface area contributed by atoms with Gasteiger partial charge in [-0.1, -0.05) is 112 Å². The van der Waals surface area contributed by atoms with E-state index in [9.17, 15) is 24.0 Å². The smallest absolute Gasteiger partial charge is 0.329 e. The van der Waals surface area contributed by atoms with Gasteiger partial charge in [0.25, 0.3) is 5.91 Å². The molecule has 1 aromatic carbocycles. The molecule has 3 N–H and O–H groups in total. The van der Waals surface area contributed by atoms with Crippen molar-refractivity contribution in [2.24, 2.45) is 23.7 Å². The van der Waals surface area contributed by atoms with E-state index < -0.39 is 83.8 Å². The van der Waals surface area contributed by atoms with Crippen LogP contribution in [0.25, 0.3) is 10.9 Å². The molecule has 1 aliphatic heterocycles. The van der Waals surface area contributed by atoms with Crippen LogP contribution < -0.4 is 20.8 Å². The van der Waals surface area contributed by atoms with E-state index in [0.29, 0.717) is 10.6 Å². The van der Waals surface area contributed by atoms with E-state index in [1.165, 1.54) is 61.2 Å². The van der Waals surface area contributed by atoms with Crippen molar-refractivity contribution in [1.29, 1.82) is 0 Å². The van der Waals surface area contributed by atoms with Crippen molar-refractivity contribution >= 4 is 63.7 Å². The average Bonchev–Trinajstić information content (AvgIpc) is 4.02. The predicted octanol–water partition coefficient (Wildman–Crippen LogP) is 6.74. The Labute approximate surface area is 438 Å². The molecular formula is C55H86N8O9S. The van der Waals surface area contributed by atoms with Crippen LogP contribution in [0.3, 0.4) is 0 Å². The molecule has 0 spiro atoms. The molecule has 1 saturated heterocycles. The summed E-state index contributed by atoms with van der Waals surface area (Å²) in [5, 5.41) is 12.3. The molecule has 0 unspecified atom stereocenters. The third kappa shape index (κ3) is 17.0. The number of hydrogen-bond acceptors (Lipinski definition) is 11. The molecule has 3 aromatic rings. The molecule has 0 aliphatic carbocycles. The molecule has 4 rings (SSSR count). The number of carbonyl (C=O) groups excluding carboxylic acids is 7. The summed E-state index contributed by atoms with van der Waals surface area (Å²) in [6, 6.07) is 0.685. The number of cyclic esters (lactones) is 1. The van der Waals surface area contributed by atoms with Gasteiger partial charge in [0, 0.05) is 57.1 Å². The van der Waals surface area contributed by atoms with E-state index in [1.54, 1.807) is 17.1 Å². The fourth-order valence-electron chi connectivity index (χ4n) is 9.62. The molecule has 0 radical (unpaired) electrons. The first-order valence-electron chi connectivity index (χ1n) is 26.5. The molecule has 1 fully saturated rings. The Hall–Kier alpha value is -5.52. The van der Waals surface area contributed by atoms with E-state index in [2.05, 4.69) is 34.8 Å². The number of likely N-dealkylation sites (N-methyl/N-ethyl adjacent to an activating group) is 3. The second-order valence-corrected chi connectivity index (χ2v) is 22.2. The summed E-state index contributed by atoms with van der Waals surface area (Å²) in [5.41, 5.74) is 1.44. The molecule has 18 heteroatoms. The molecule has 3 heterocycles. The van der Waals surface area contributed by atoms with Crippen LogP contribution in [0, 0.1) is 23.7 Å². The lowest BCUT2D eigenvalue weighted by Crippen LogP contribution is -2.60. The van der Waals surface area contributed by atoms with Crippen LogP contribution in [0.1, 0.15) is 144 Å². The number of carbonyl (C=O) groups is 7. The molecular weight excluding hydrogens is 949 g/mol. The second kappa shape index (κ2) is 28.8. The minimum absolute atomic E-state index is 0.00679. The van der Waals surface area contributed by atoms with E-state index in [-0.39, 0.29) is 68.6 Å². The molecule has 6 amide bonds. The first-order valence-corrected chi connectivity index (χ1v) is 27.4. The summed E-state index contributed by atoms with van der Waals surface area (Å²) < 4.78 is 7.64. The summed E-state index contributed by atoms with van der Waals surface area (Å²) in [4.78, 5) is 118. The Kier molecular flexibility index (Phi) is 23.7. The third-order valence-corrected chi connectivity index (χ3v) is 15.0. The number of nitrogens with zero attached hydrogens (tertiary/aromatic N) is 5. The molecule has 9 atom stereocenters. The highest BCUT2D eigenvalue weighted by Gasteiger charge is 2.41. The van der Waals surface area contributed by atoms with E-state index in [4.69, 9.17) is 9.57 Å². The number of fused-ring (bicyclic) bond motifs is 1. The number of amides is 6. The van der Waals surface area contributed by atoms with E-state index in [1.807, 2.05) is 71.2 Å². The number of para-hydroxylation sites is 1. The van der Waals surface area contributed by atoms with Crippen molar-refractivity contribution < 1.29 is 43.1 Å². The topological polar surface area (TPSA) is 202 Å². The minimum atomic E-state index is -1.38. The van der Waals surface area contributed by atoms with Gasteiger partial charge in [0.05, 0.1) is 10.5 Å². The van der Waals surface area contributed by atoms with Gasteiger partial charge >= 0.3 is 5.97 Å². The Bertz CT molecular complexity index is 2280. The van der Waals surface area contributed by atoms with Crippen molar-refractivity contribution in [3.8, 4) is 0 Å². The summed E-state index contributed by atoms with van der Waals surface area (Å²) in [5.74, 6) is -4.54. The fraction of sp³-hybridized carbons (Fsp3) is 0.673. The van der Waals surface area contributed by atoms with Crippen molar-refractivity contribution in [3.05, 3.63) is 52.6 Å². The van der Waals surface area contributed by atoms with Gasteiger partial charge in [0.1, 0.15) is 43.4 Å². The van der Waals surface area contributed by atoms with Crippen molar-refractivity contribution in [1.82, 2.24) is 40.4 Å². The molecule has 0 bridgehead atoms. The fourth-order valence-corrected chi connectivity index (χ4v) is 10.3. The number of hydrogen-bond donors (Lipinski definition) is 3. The lowest BCUT2D eigenvalue weighted by molar-refractivity contribution is -0.163. The number of rotatable bonds is 20. The first kappa shape index (κ1) is 60.0. The third-order valence-electron chi connectivity index (χ3n) is 14.2. The van der Waals surface area contributed by atoms with Gasteiger partial charge in [0.15, 0.2) is 6.10 Å². The quantitative estimate of drug-likeness (QED) is 0.102. The number of aromatic nitrogens is 2. The monoisotopic (exact) mass is 1030 g/mol. The lowest BCUT2D eigenvalue weighted by Gasteiger charge is -2.35. The van der Waals surface area contributed by atoms with Gasteiger partial charge < -0.3 is 40.2 Å². The molecule has 2 aromatic heterocycles. The van der Waals surface area contributed by atoms with Gasteiger partial charge in [-0.3, -0.25) is 28.8 Å². The van der Waals surface area contributed by atoms with Crippen LogP contribution in [0.15, 0.2) is 42.0 Å². The molecule has 0 saturated carbocycles. The van der Waals surface area contributed by atoms with Gasteiger partial charge in [-0.05, 0) is 74.3 Å².